The van der Waals surface area contributed by atoms with Crippen LogP contribution in [0.5, 0.6) is 11.5 Å². The van der Waals surface area contributed by atoms with Crippen LogP contribution in [0.2, 0.25) is 0 Å². The van der Waals surface area contributed by atoms with Crippen LogP contribution in [-0.2, 0) is 31.1 Å². The molecule has 0 N–H and O–H groups in total. The number of unbranched alkanes of at least 4 members (excludes halogenated alkanes) is 10. The summed E-state index contributed by atoms with van der Waals surface area (Å²) in [4.78, 5) is 0. The minimum absolute atomic E-state index is 0.0473. The van der Waals surface area contributed by atoms with Crippen LogP contribution in [0.4, 0.5) is 0 Å². The number of epoxide rings is 2. The second-order valence-electron chi connectivity index (χ2n) is 24.7. The van der Waals surface area contributed by atoms with Gasteiger partial charge in [0.25, 0.3) is 0 Å². The normalized spacial score (nSPS) is 17.4. The Morgan fingerprint density at radius 2 is 0.647 bits per heavy atom. The van der Waals surface area contributed by atoms with Crippen LogP contribution in [0, 0.1) is 11.8 Å². The first-order valence-electron chi connectivity index (χ1n) is 29.4. The Balaban J connectivity index is 1.95. The maximum Gasteiger partial charge on any atom is 0.126 e. The highest BCUT2D eigenvalue weighted by atomic mass is 16.6. The van der Waals surface area contributed by atoms with Crippen molar-refractivity contribution >= 4 is 0 Å². The minimum atomic E-state index is -0.0473. The molecule has 0 bridgehead atoms. The van der Waals surface area contributed by atoms with Crippen LogP contribution in [-0.4, -0.2) is 38.6 Å². The Bertz CT molecular complexity index is 1500. The third kappa shape index (κ3) is 18.2. The summed E-state index contributed by atoms with van der Waals surface area (Å²) in [6.45, 7) is 37.5. The quantitative estimate of drug-likeness (QED) is 0.0495. The second-order valence-corrected chi connectivity index (χ2v) is 24.7. The van der Waals surface area contributed by atoms with E-state index in [2.05, 4.69) is 121 Å². The molecule has 0 spiro atoms. The van der Waals surface area contributed by atoms with Gasteiger partial charge in [-0.15, -0.1) is 0 Å². The zero-order valence-corrected chi connectivity index (χ0v) is 47.5. The maximum absolute atomic E-state index is 7.33. The summed E-state index contributed by atoms with van der Waals surface area (Å²) in [6, 6.07) is 10.4. The fourth-order valence-electron chi connectivity index (χ4n) is 11.4. The monoisotopic (exact) mass is 943 g/mol. The molecule has 0 amide bonds. The fraction of sp³-hybridized carbons (Fsp3) is 0.812. The summed E-state index contributed by atoms with van der Waals surface area (Å²) >= 11 is 0. The topological polar surface area (TPSA) is 43.5 Å². The highest BCUT2D eigenvalue weighted by Gasteiger charge is 2.37. The predicted molar refractivity (Wildman–Crippen MR) is 296 cm³/mol. The van der Waals surface area contributed by atoms with Gasteiger partial charge in [-0.2, -0.15) is 0 Å². The van der Waals surface area contributed by atoms with Crippen LogP contribution in [0.25, 0.3) is 11.1 Å². The van der Waals surface area contributed by atoms with Gasteiger partial charge < -0.3 is 18.9 Å². The van der Waals surface area contributed by atoms with E-state index >= 15 is 0 Å². The molecule has 4 atom stereocenters. The molecule has 2 heterocycles. The molecule has 2 fully saturated rings. The van der Waals surface area contributed by atoms with E-state index in [1.54, 1.807) is 0 Å². The van der Waals surface area contributed by atoms with Crippen molar-refractivity contribution in [2.75, 3.05) is 26.4 Å². The highest BCUT2D eigenvalue weighted by Crippen LogP contribution is 2.50. The van der Waals surface area contributed by atoms with Crippen molar-refractivity contribution in [3.8, 4) is 22.6 Å². The first-order valence-corrected chi connectivity index (χ1v) is 29.4. The molecule has 2 aliphatic heterocycles. The minimum Gasteiger partial charge on any atom is -0.493 e. The lowest BCUT2D eigenvalue weighted by Crippen LogP contribution is -2.25. The predicted octanol–water partition coefficient (Wildman–Crippen LogP) is 19.5. The van der Waals surface area contributed by atoms with Gasteiger partial charge in [-0.05, 0) is 133 Å². The van der Waals surface area contributed by atoms with Crippen molar-refractivity contribution < 1.29 is 18.9 Å². The Morgan fingerprint density at radius 3 is 0.882 bits per heavy atom. The third-order valence-electron chi connectivity index (χ3n) is 16.6. The maximum atomic E-state index is 7.33. The number of ether oxygens (including phenoxy) is 4. The zero-order valence-electron chi connectivity index (χ0n) is 47.5. The molecule has 0 radical (unpaired) electrons. The van der Waals surface area contributed by atoms with Gasteiger partial charge in [0.2, 0.25) is 0 Å². The highest BCUT2D eigenvalue weighted by molar-refractivity contribution is 5.73. The molecule has 4 nitrogen and oxygen atoms in total. The van der Waals surface area contributed by atoms with Gasteiger partial charge in [-0.1, -0.05) is 200 Å². The van der Waals surface area contributed by atoms with Gasteiger partial charge in [0.15, 0.2) is 0 Å². The molecule has 0 aliphatic carbocycles. The summed E-state index contributed by atoms with van der Waals surface area (Å²) in [5.74, 6) is 3.67. The van der Waals surface area contributed by atoms with Crippen LogP contribution < -0.4 is 9.47 Å². The lowest BCUT2D eigenvalue weighted by molar-refractivity contribution is 0.248. The van der Waals surface area contributed by atoms with Gasteiger partial charge in [-0.25, -0.2) is 0 Å². The molecule has 4 unspecified atom stereocenters. The molecule has 4 rings (SSSR count). The molecule has 2 saturated heterocycles. The van der Waals surface area contributed by atoms with E-state index in [1.807, 2.05) is 0 Å². The number of hydrogen-bond acceptors (Lipinski definition) is 4. The summed E-state index contributed by atoms with van der Waals surface area (Å²) in [7, 11) is 0. The molecular weight excluding hydrogens is 833 g/mol. The Hall–Kier alpha value is -2.04. The molecule has 68 heavy (non-hydrogen) atoms. The third-order valence-corrected chi connectivity index (χ3v) is 16.6. The molecule has 0 aromatic heterocycles. The van der Waals surface area contributed by atoms with Gasteiger partial charge in [-0.3, -0.25) is 0 Å². The van der Waals surface area contributed by atoms with Gasteiger partial charge in [0.1, 0.15) is 11.5 Å². The summed E-state index contributed by atoms with van der Waals surface area (Å²) < 4.78 is 26.4. The Morgan fingerprint density at radius 1 is 0.397 bits per heavy atom. The van der Waals surface area contributed by atoms with Crippen LogP contribution in [0.15, 0.2) is 24.3 Å². The summed E-state index contributed by atoms with van der Waals surface area (Å²) in [5, 5.41) is 0. The number of rotatable bonds is 39. The van der Waals surface area contributed by atoms with E-state index in [0.717, 1.165) is 65.0 Å². The van der Waals surface area contributed by atoms with Crippen molar-refractivity contribution in [3.63, 3.8) is 0 Å². The van der Waals surface area contributed by atoms with Crippen molar-refractivity contribution in [3.05, 3.63) is 46.5 Å². The molecule has 4 heteroatoms. The van der Waals surface area contributed by atoms with Gasteiger partial charge >= 0.3 is 0 Å². The van der Waals surface area contributed by atoms with E-state index in [9.17, 15) is 0 Å². The molecule has 2 aliphatic rings. The van der Waals surface area contributed by atoms with E-state index in [4.69, 9.17) is 18.9 Å². The lowest BCUT2D eigenvalue weighted by atomic mass is 9.71. The number of benzene rings is 2. The van der Waals surface area contributed by atoms with E-state index < -0.39 is 0 Å². The van der Waals surface area contributed by atoms with Crippen LogP contribution in [0.3, 0.4) is 0 Å². The van der Waals surface area contributed by atoms with Crippen molar-refractivity contribution in [1.82, 2.24) is 0 Å². The molecule has 2 aromatic rings. The molecule has 2 aromatic carbocycles. The largest absolute Gasteiger partial charge is 0.493 e. The summed E-state index contributed by atoms with van der Waals surface area (Å²) in [5.41, 5.74) is 8.14. The van der Waals surface area contributed by atoms with E-state index in [1.165, 1.54) is 173 Å². The first-order chi connectivity index (χ1) is 32.5. The Kier molecular flexibility index (Phi) is 24.8. The van der Waals surface area contributed by atoms with Gasteiger partial charge in [0.05, 0.1) is 38.6 Å². The van der Waals surface area contributed by atoms with E-state index in [0.29, 0.717) is 24.0 Å². The second kappa shape index (κ2) is 28.9. The summed E-state index contributed by atoms with van der Waals surface area (Å²) in [6.07, 6.45) is 32.6. The Labute approximate surface area is 422 Å². The van der Waals surface area contributed by atoms with Crippen molar-refractivity contribution in [2.45, 2.75) is 298 Å². The smallest absolute Gasteiger partial charge is 0.126 e. The average molecular weight is 944 g/mol. The molecule has 0 saturated carbocycles. The van der Waals surface area contributed by atoms with Crippen LogP contribution >= 0.6 is 0 Å². The van der Waals surface area contributed by atoms with Crippen LogP contribution in [0.1, 0.15) is 286 Å². The van der Waals surface area contributed by atoms with E-state index in [-0.39, 0.29) is 21.7 Å². The first kappa shape index (κ1) is 58.5. The molecule has 390 valence electrons. The average Bonchev–Trinajstić information content (AvgIpc) is 4.24. The molecular formula is C64H110O4. The van der Waals surface area contributed by atoms with Crippen molar-refractivity contribution in [2.24, 2.45) is 11.8 Å². The van der Waals surface area contributed by atoms with Crippen molar-refractivity contribution in [1.29, 1.82) is 0 Å². The standard InChI is InChI=1S/C64H110O4/c1-15-21-27-37-61(7,8)53-43-51(44-54(62(9,10)38-28-22-16-2)59(53)65-41-31-35-49(33-25-19-5)57-47-67-57)52-45-55(63(11,12)39-29-23-17-3)60(56(46-52)64(13,14)40-30-24-18-4)66-42-32-36-50(34-26-20-6)58-48-68-58/h43-46,49-50,57-58H,15-42,47-48H2,1-14H3. The lowest BCUT2D eigenvalue weighted by Gasteiger charge is -2.36. The van der Waals surface area contributed by atoms with Gasteiger partial charge in [0, 0.05) is 22.3 Å². The number of hydrogen-bond donors (Lipinski definition) is 0. The fourth-order valence-corrected chi connectivity index (χ4v) is 11.4. The SMILES string of the molecule is CCCCCC(C)(C)c1cc(-c2cc(C(C)(C)CCCCC)c(OCCCC(CCCC)C3CO3)c(C(C)(C)CCCCC)c2)cc(C(C)(C)CCCCC)c1OCCCC(CCCC)C1CO1. The zero-order chi connectivity index (χ0) is 49.8.